The summed E-state index contributed by atoms with van der Waals surface area (Å²) in [6.07, 6.45) is -4.36. The number of ether oxygens (including phenoxy) is 1. The van der Waals surface area contributed by atoms with Crippen LogP contribution in [0.25, 0.3) is 0 Å². The van der Waals surface area contributed by atoms with E-state index in [0.717, 1.165) is 18.9 Å². The van der Waals surface area contributed by atoms with Crippen LogP contribution in [-0.4, -0.2) is 54.5 Å². The van der Waals surface area contributed by atoms with Crippen molar-refractivity contribution in [2.45, 2.75) is 25.6 Å². The predicted octanol–water partition coefficient (Wildman–Crippen LogP) is 0.795. The lowest BCUT2D eigenvalue weighted by atomic mass is 10.1. The molecule has 0 rings (SSSR count). The molecule has 1 unspecified atom stereocenters. The van der Waals surface area contributed by atoms with Crippen molar-refractivity contribution in [1.82, 2.24) is 4.90 Å². The minimum atomic E-state index is -4.36. The lowest BCUT2D eigenvalue weighted by molar-refractivity contribution is -0.170. The molecule has 0 aromatic rings. The molecule has 16 heavy (non-hydrogen) atoms. The molecule has 0 aliphatic carbocycles. The third-order valence-corrected chi connectivity index (χ3v) is 2.01. The van der Waals surface area contributed by atoms with Gasteiger partial charge in [0.1, 0.15) is 0 Å². The van der Waals surface area contributed by atoms with Gasteiger partial charge in [0.05, 0.1) is 13.7 Å². The first-order valence-corrected chi connectivity index (χ1v) is 4.72. The Bertz CT molecular complexity index is 241. The Balaban J connectivity index is 4.48. The fourth-order valence-corrected chi connectivity index (χ4v) is 1.25. The molecule has 0 aromatic heterocycles. The second kappa shape index (κ2) is 5.49. The number of likely N-dealkylation sites (N-methyl/N-ethyl adjacent to an activating group) is 1. The Morgan fingerprint density at radius 2 is 1.88 bits per heavy atom. The van der Waals surface area contributed by atoms with Crippen LogP contribution < -0.4 is 0 Å². The average molecular weight is 243 g/mol. The van der Waals surface area contributed by atoms with Gasteiger partial charge in [-0.15, -0.1) is 0 Å². The number of methoxy groups -OCH3 is 1. The van der Waals surface area contributed by atoms with Gasteiger partial charge in [-0.1, -0.05) is 6.92 Å². The van der Waals surface area contributed by atoms with Gasteiger partial charge in [-0.25, -0.2) is 4.79 Å². The highest BCUT2D eigenvalue weighted by Gasteiger charge is 2.37. The second-order valence-electron chi connectivity index (χ2n) is 3.68. The van der Waals surface area contributed by atoms with E-state index in [1.165, 1.54) is 6.92 Å². The van der Waals surface area contributed by atoms with Crippen molar-refractivity contribution in [3.63, 3.8) is 0 Å². The number of carbonyl (C=O) groups excluding carboxylic acids is 1. The van der Waals surface area contributed by atoms with Crippen molar-refractivity contribution in [3.05, 3.63) is 0 Å². The Hall–Kier alpha value is -0.820. The largest absolute Gasteiger partial charge is 0.467 e. The third-order valence-electron chi connectivity index (χ3n) is 2.01. The monoisotopic (exact) mass is 243 g/mol. The number of halogens is 3. The average Bonchev–Trinajstić information content (AvgIpc) is 2.12. The molecular weight excluding hydrogens is 227 g/mol. The van der Waals surface area contributed by atoms with Crippen molar-refractivity contribution < 1.29 is 27.8 Å². The van der Waals surface area contributed by atoms with E-state index in [9.17, 15) is 23.1 Å². The van der Waals surface area contributed by atoms with Gasteiger partial charge >= 0.3 is 12.1 Å². The quantitative estimate of drug-likeness (QED) is 0.725. The van der Waals surface area contributed by atoms with Gasteiger partial charge in [0.25, 0.3) is 0 Å². The maximum absolute atomic E-state index is 12.1. The summed E-state index contributed by atoms with van der Waals surface area (Å²) >= 11 is 0. The molecule has 0 saturated carbocycles. The molecular formula is C9H16F3NO3. The number of nitrogens with zero attached hydrogens (tertiary/aromatic N) is 1. The molecule has 1 N–H and O–H groups in total. The molecule has 0 heterocycles. The van der Waals surface area contributed by atoms with Gasteiger partial charge in [-0.3, -0.25) is 4.90 Å². The Morgan fingerprint density at radius 3 is 2.19 bits per heavy atom. The molecule has 0 aliphatic rings. The van der Waals surface area contributed by atoms with Gasteiger partial charge < -0.3 is 9.84 Å². The van der Waals surface area contributed by atoms with Crippen molar-refractivity contribution in [2.75, 3.05) is 26.7 Å². The SMILES string of the molecule is CCN(CC(F)(F)F)CC(C)(O)C(=O)OC. The number of hydrogen-bond donors (Lipinski definition) is 1. The topological polar surface area (TPSA) is 49.8 Å². The summed E-state index contributed by atoms with van der Waals surface area (Å²) in [5.74, 6) is -0.951. The zero-order valence-electron chi connectivity index (χ0n) is 9.47. The van der Waals surface area contributed by atoms with E-state index in [4.69, 9.17) is 0 Å². The Kier molecular flexibility index (Phi) is 5.21. The van der Waals surface area contributed by atoms with Gasteiger partial charge in [0.2, 0.25) is 0 Å². The van der Waals surface area contributed by atoms with Crippen molar-refractivity contribution in [3.8, 4) is 0 Å². The molecule has 0 saturated heterocycles. The van der Waals surface area contributed by atoms with Gasteiger partial charge in [0, 0.05) is 6.54 Å². The van der Waals surface area contributed by atoms with Crippen molar-refractivity contribution in [1.29, 1.82) is 0 Å². The van der Waals surface area contributed by atoms with E-state index in [-0.39, 0.29) is 6.54 Å². The lowest BCUT2D eigenvalue weighted by Gasteiger charge is -2.29. The van der Waals surface area contributed by atoms with Gasteiger partial charge in [-0.05, 0) is 13.5 Å². The molecule has 7 heteroatoms. The lowest BCUT2D eigenvalue weighted by Crippen LogP contribution is -2.49. The fraction of sp³-hybridized carbons (Fsp3) is 0.889. The van der Waals surface area contributed by atoms with E-state index in [1.807, 2.05) is 0 Å². The first kappa shape index (κ1) is 15.2. The standard InChI is InChI=1S/C9H16F3NO3/c1-4-13(6-9(10,11)12)5-8(2,15)7(14)16-3/h15H,4-6H2,1-3H3. The maximum Gasteiger partial charge on any atom is 0.401 e. The third kappa shape index (κ3) is 5.32. The summed E-state index contributed by atoms with van der Waals surface area (Å²) in [6, 6.07) is 0. The second-order valence-corrected chi connectivity index (χ2v) is 3.68. The fourth-order valence-electron chi connectivity index (χ4n) is 1.25. The molecule has 0 spiro atoms. The van der Waals surface area contributed by atoms with E-state index in [1.54, 1.807) is 0 Å². The molecule has 0 aliphatic heterocycles. The van der Waals surface area contributed by atoms with Crippen LogP contribution in [-0.2, 0) is 9.53 Å². The Morgan fingerprint density at radius 1 is 1.38 bits per heavy atom. The summed E-state index contributed by atoms with van der Waals surface area (Å²) < 4.78 is 40.6. The molecule has 0 fully saturated rings. The molecule has 1 atom stereocenters. The summed E-state index contributed by atoms with van der Waals surface area (Å²) in [5.41, 5.74) is -1.93. The van der Waals surface area contributed by atoms with Crippen LogP contribution in [0.1, 0.15) is 13.8 Å². The first-order chi connectivity index (χ1) is 7.12. The molecule has 0 amide bonds. The number of carbonyl (C=O) groups is 1. The van der Waals surface area contributed by atoms with Gasteiger partial charge in [0.15, 0.2) is 5.60 Å². The number of rotatable bonds is 5. The minimum absolute atomic E-state index is 0.0760. The van der Waals surface area contributed by atoms with Gasteiger partial charge in [-0.2, -0.15) is 13.2 Å². The number of alkyl halides is 3. The first-order valence-electron chi connectivity index (χ1n) is 4.72. The molecule has 0 radical (unpaired) electrons. The highest BCUT2D eigenvalue weighted by atomic mass is 19.4. The normalized spacial score (nSPS) is 16.0. The van der Waals surface area contributed by atoms with Crippen LogP contribution >= 0.6 is 0 Å². The summed E-state index contributed by atoms with van der Waals surface area (Å²) in [6.45, 7) is 1.12. The van der Waals surface area contributed by atoms with Crippen LogP contribution in [0.15, 0.2) is 0 Å². The highest BCUT2D eigenvalue weighted by Crippen LogP contribution is 2.18. The van der Waals surface area contributed by atoms with Crippen molar-refractivity contribution >= 4 is 5.97 Å². The maximum atomic E-state index is 12.1. The van der Waals surface area contributed by atoms with Crippen LogP contribution in [0, 0.1) is 0 Å². The van der Waals surface area contributed by atoms with Crippen LogP contribution in [0.3, 0.4) is 0 Å². The van der Waals surface area contributed by atoms with E-state index < -0.39 is 30.8 Å². The zero-order valence-corrected chi connectivity index (χ0v) is 9.47. The number of aliphatic hydroxyl groups is 1. The molecule has 0 bridgehead atoms. The summed E-state index contributed by atoms with van der Waals surface area (Å²) in [7, 11) is 1.07. The molecule has 4 nitrogen and oxygen atoms in total. The van der Waals surface area contributed by atoms with Crippen LogP contribution in [0.2, 0.25) is 0 Å². The van der Waals surface area contributed by atoms with E-state index in [0.29, 0.717) is 0 Å². The van der Waals surface area contributed by atoms with E-state index >= 15 is 0 Å². The van der Waals surface area contributed by atoms with Crippen molar-refractivity contribution in [2.24, 2.45) is 0 Å². The smallest absolute Gasteiger partial charge is 0.401 e. The zero-order chi connectivity index (χ0) is 13.0. The minimum Gasteiger partial charge on any atom is -0.467 e. The van der Waals surface area contributed by atoms with E-state index in [2.05, 4.69) is 4.74 Å². The molecule has 0 aromatic carbocycles. The number of hydrogen-bond acceptors (Lipinski definition) is 4. The number of esters is 1. The molecule has 96 valence electrons. The summed E-state index contributed by atoms with van der Waals surface area (Å²) in [5, 5.41) is 9.60. The Labute approximate surface area is 92.0 Å². The summed E-state index contributed by atoms with van der Waals surface area (Å²) in [4.78, 5) is 12.0. The van der Waals surface area contributed by atoms with Crippen LogP contribution in [0.5, 0.6) is 0 Å². The highest BCUT2D eigenvalue weighted by molar-refractivity contribution is 5.78. The predicted molar refractivity (Wildman–Crippen MR) is 50.8 cm³/mol. The van der Waals surface area contributed by atoms with Crippen LogP contribution in [0.4, 0.5) is 13.2 Å².